The minimum absolute atomic E-state index is 0.510. The lowest BCUT2D eigenvalue weighted by Crippen LogP contribution is -2.14. The average Bonchev–Trinajstić information content (AvgIpc) is 2.32. The van der Waals surface area contributed by atoms with Gasteiger partial charge in [-0.2, -0.15) is 0 Å². The van der Waals surface area contributed by atoms with Crippen molar-refractivity contribution in [2.24, 2.45) is 0 Å². The second-order valence-corrected chi connectivity index (χ2v) is 3.74. The lowest BCUT2D eigenvalue weighted by atomic mass is 10.3. The summed E-state index contributed by atoms with van der Waals surface area (Å²) in [6, 6.07) is 0. The van der Waals surface area contributed by atoms with Gasteiger partial charge in [0.05, 0.1) is 0 Å². The molecule has 1 heterocycles. The summed E-state index contributed by atoms with van der Waals surface area (Å²) in [6.07, 6.45) is 5.89. The number of hydrogen-bond acceptors (Lipinski definition) is 4. The maximum Gasteiger partial charge on any atom is 0.153 e. The molecule has 0 radical (unpaired) electrons. The van der Waals surface area contributed by atoms with Crippen LogP contribution in [0.5, 0.6) is 0 Å². The Bertz CT molecular complexity index is 245. The van der Waals surface area contributed by atoms with Gasteiger partial charge in [0.2, 0.25) is 0 Å². The molecule has 0 aliphatic rings. The highest BCUT2D eigenvalue weighted by Gasteiger charge is 1.97. The van der Waals surface area contributed by atoms with Gasteiger partial charge in [-0.25, -0.2) is 9.97 Å². The van der Waals surface area contributed by atoms with Crippen LogP contribution in [0.4, 0.5) is 0 Å². The van der Waals surface area contributed by atoms with Gasteiger partial charge >= 0.3 is 0 Å². The minimum Gasteiger partial charge on any atom is -0.373 e. The van der Waals surface area contributed by atoms with Crippen LogP contribution in [0.25, 0.3) is 0 Å². The molecule has 0 atom stereocenters. The number of nitrogens with zero attached hydrogens (tertiary/aromatic N) is 2. The summed E-state index contributed by atoms with van der Waals surface area (Å²) < 4.78 is 5.37. The second-order valence-electron chi connectivity index (χ2n) is 3.74. The predicted octanol–water partition coefficient (Wildman–Crippen LogP) is 1.90. The number of hydrogen-bond donors (Lipinski definition) is 1. The summed E-state index contributed by atoms with van der Waals surface area (Å²) in [5, 5.41) is 3.31. The maximum absolute atomic E-state index is 5.37. The zero-order valence-electron chi connectivity index (χ0n) is 10.2. The second kappa shape index (κ2) is 8.19. The number of rotatable bonds is 8. The smallest absolute Gasteiger partial charge is 0.153 e. The molecule has 4 heteroatoms. The predicted molar refractivity (Wildman–Crippen MR) is 64.0 cm³/mol. The molecule has 0 unspecified atom stereocenters. The fourth-order valence-electron chi connectivity index (χ4n) is 1.26. The number of nitrogens with one attached hydrogen (secondary N) is 1. The van der Waals surface area contributed by atoms with Crippen molar-refractivity contribution in [3.05, 3.63) is 23.8 Å². The molecule has 16 heavy (non-hydrogen) atoms. The Morgan fingerprint density at radius 3 is 2.56 bits per heavy atom. The van der Waals surface area contributed by atoms with E-state index in [4.69, 9.17) is 4.74 Å². The molecule has 90 valence electrons. The molecule has 1 aromatic heterocycles. The van der Waals surface area contributed by atoms with Crippen LogP contribution in [0.3, 0.4) is 0 Å². The standard InChI is InChI=1S/C12H21N3O/c1-3-5-13-7-11-8-14-12(15-9-11)10-16-6-4-2/h8-9,13H,3-7,10H2,1-2H3. The first kappa shape index (κ1) is 13.1. The monoisotopic (exact) mass is 223 g/mol. The molecule has 0 spiro atoms. The highest BCUT2D eigenvalue weighted by molar-refractivity contribution is 5.04. The molecule has 0 amide bonds. The van der Waals surface area contributed by atoms with Gasteiger partial charge in [-0.3, -0.25) is 0 Å². The number of aromatic nitrogens is 2. The molecular weight excluding hydrogens is 202 g/mol. The van der Waals surface area contributed by atoms with Crippen LogP contribution in [0.15, 0.2) is 12.4 Å². The fraction of sp³-hybridized carbons (Fsp3) is 0.667. The summed E-state index contributed by atoms with van der Waals surface area (Å²) in [7, 11) is 0. The van der Waals surface area contributed by atoms with E-state index in [0.717, 1.165) is 43.9 Å². The average molecular weight is 223 g/mol. The van der Waals surface area contributed by atoms with Gasteiger partial charge in [0.25, 0.3) is 0 Å². The Balaban J connectivity index is 2.30. The van der Waals surface area contributed by atoms with Gasteiger partial charge in [0, 0.05) is 31.1 Å². The van der Waals surface area contributed by atoms with Crippen LogP contribution in [-0.4, -0.2) is 23.1 Å². The molecule has 0 saturated carbocycles. The van der Waals surface area contributed by atoms with Gasteiger partial charge in [0.1, 0.15) is 6.61 Å². The van der Waals surface area contributed by atoms with Crippen LogP contribution < -0.4 is 5.32 Å². The molecule has 0 fully saturated rings. The lowest BCUT2D eigenvalue weighted by molar-refractivity contribution is 0.116. The van der Waals surface area contributed by atoms with Gasteiger partial charge in [-0.05, 0) is 19.4 Å². The van der Waals surface area contributed by atoms with Gasteiger partial charge in [0.15, 0.2) is 5.82 Å². The van der Waals surface area contributed by atoms with E-state index in [1.807, 2.05) is 12.4 Å². The Labute approximate surface area is 97.5 Å². The third-order valence-electron chi connectivity index (χ3n) is 2.09. The fourth-order valence-corrected chi connectivity index (χ4v) is 1.26. The van der Waals surface area contributed by atoms with Crippen molar-refractivity contribution >= 4 is 0 Å². The van der Waals surface area contributed by atoms with Crippen LogP contribution >= 0.6 is 0 Å². The van der Waals surface area contributed by atoms with Gasteiger partial charge < -0.3 is 10.1 Å². The highest BCUT2D eigenvalue weighted by atomic mass is 16.5. The highest BCUT2D eigenvalue weighted by Crippen LogP contribution is 1.98. The topological polar surface area (TPSA) is 47.0 Å². The summed E-state index contributed by atoms with van der Waals surface area (Å²) in [5.41, 5.74) is 1.12. The van der Waals surface area contributed by atoms with Crippen molar-refractivity contribution in [3.8, 4) is 0 Å². The van der Waals surface area contributed by atoms with Gasteiger partial charge in [-0.1, -0.05) is 13.8 Å². The largest absolute Gasteiger partial charge is 0.373 e. The molecule has 0 aliphatic carbocycles. The van der Waals surface area contributed by atoms with E-state index in [2.05, 4.69) is 29.1 Å². The van der Waals surface area contributed by atoms with Gasteiger partial charge in [-0.15, -0.1) is 0 Å². The third kappa shape index (κ3) is 5.19. The van der Waals surface area contributed by atoms with Crippen molar-refractivity contribution in [1.82, 2.24) is 15.3 Å². The molecule has 1 rings (SSSR count). The van der Waals surface area contributed by atoms with E-state index < -0.39 is 0 Å². The summed E-state index contributed by atoms with van der Waals surface area (Å²) >= 11 is 0. The van der Waals surface area contributed by atoms with E-state index in [9.17, 15) is 0 Å². The third-order valence-corrected chi connectivity index (χ3v) is 2.09. The molecule has 0 aromatic carbocycles. The van der Waals surface area contributed by atoms with Crippen LogP contribution in [0, 0.1) is 0 Å². The zero-order chi connectivity index (χ0) is 11.6. The molecule has 1 N–H and O–H groups in total. The molecule has 0 bridgehead atoms. The Morgan fingerprint density at radius 2 is 1.94 bits per heavy atom. The first-order valence-electron chi connectivity index (χ1n) is 5.95. The molecule has 0 aliphatic heterocycles. The Kier molecular flexibility index (Phi) is 6.69. The first-order valence-corrected chi connectivity index (χ1v) is 5.95. The van der Waals surface area contributed by atoms with Crippen molar-refractivity contribution in [3.63, 3.8) is 0 Å². The van der Waals surface area contributed by atoms with Crippen LogP contribution in [0.2, 0.25) is 0 Å². The Hall–Kier alpha value is -1.00. The summed E-state index contributed by atoms with van der Waals surface area (Å²) in [4.78, 5) is 8.51. The quantitative estimate of drug-likeness (QED) is 0.684. The number of ether oxygens (including phenoxy) is 1. The van der Waals surface area contributed by atoms with E-state index >= 15 is 0 Å². The molecule has 0 saturated heterocycles. The van der Waals surface area contributed by atoms with Crippen molar-refractivity contribution in [2.75, 3.05) is 13.2 Å². The van der Waals surface area contributed by atoms with E-state index in [0.29, 0.717) is 6.61 Å². The van der Waals surface area contributed by atoms with E-state index in [1.165, 1.54) is 0 Å². The molecule has 4 nitrogen and oxygen atoms in total. The van der Waals surface area contributed by atoms with Crippen molar-refractivity contribution < 1.29 is 4.74 Å². The van der Waals surface area contributed by atoms with Crippen LogP contribution in [0.1, 0.15) is 38.1 Å². The zero-order valence-corrected chi connectivity index (χ0v) is 10.2. The maximum atomic E-state index is 5.37. The SMILES string of the molecule is CCCNCc1cnc(COCCC)nc1. The lowest BCUT2D eigenvalue weighted by Gasteiger charge is -2.04. The van der Waals surface area contributed by atoms with E-state index in [1.54, 1.807) is 0 Å². The summed E-state index contributed by atoms with van der Waals surface area (Å²) in [6.45, 7) is 7.38. The Morgan fingerprint density at radius 1 is 1.19 bits per heavy atom. The van der Waals surface area contributed by atoms with E-state index in [-0.39, 0.29) is 0 Å². The minimum atomic E-state index is 0.510. The first-order chi connectivity index (χ1) is 7.86. The normalized spacial score (nSPS) is 10.6. The summed E-state index contributed by atoms with van der Waals surface area (Å²) in [5.74, 6) is 0.757. The molecule has 1 aromatic rings. The van der Waals surface area contributed by atoms with Crippen molar-refractivity contribution in [1.29, 1.82) is 0 Å². The molecular formula is C12H21N3O. The van der Waals surface area contributed by atoms with Crippen LogP contribution in [-0.2, 0) is 17.9 Å². The van der Waals surface area contributed by atoms with Crippen molar-refractivity contribution in [2.45, 2.75) is 39.8 Å².